The van der Waals surface area contributed by atoms with Crippen molar-refractivity contribution in [1.82, 2.24) is 0 Å². The minimum absolute atomic E-state index is 0.394. The molecule has 5 heteroatoms. The second-order valence-corrected chi connectivity index (χ2v) is 5.46. The maximum Gasteiger partial charge on any atom is 0.332 e. The summed E-state index contributed by atoms with van der Waals surface area (Å²) in [6.07, 6.45) is 0. The zero-order valence-corrected chi connectivity index (χ0v) is 13.2. The first-order valence-electron chi connectivity index (χ1n) is 6.37. The Morgan fingerprint density at radius 2 is 1.90 bits per heavy atom. The van der Waals surface area contributed by atoms with Gasteiger partial charge in [-0.15, -0.1) is 0 Å². The van der Waals surface area contributed by atoms with Crippen LogP contribution >= 0.6 is 23.2 Å². The van der Waals surface area contributed by atoms with E-state index in [-0.39, 0.29) is 0 Å². The van der Waals surface area contributed by atoms with Crippen molar-refractivity contribution >= 4 is 34.9 Å². The molecule has 0 spiro atoms. The molecule has 110 valence electrons. The first kappa shape index (κ1) is 15.7. The second-order valence-electron chi connectivity index (χ2n) is 4.64. The summed E-state index contributed by atoms with van der Waals surface area (Å²) < 4.78 is 4.86. The molecule has 0 saturated carbocycles. The number of benzene rings is 2. The van der Waals surface area contributed by atoms with Crippen LogP contribution in [0.3, 0.4) is 0 Å². The summed E-state index contributed by atoms with van der Waals surface area (Å²) in [5.74, 6) is -0.394. The molecule has 2 aromatic rings. The standard InChI is InChI=1S/C16H15Cl2NO2/c1-10-4-3-5-12(8-10)19-15(16(20)21-2)11-6-7-13(17)14(18)9-11/h3-9,15,19H,1-2H3. The molecule has 2 aromatic carbocycles. The predicted molar refractivity (Wildman–Crippen MR) is 86.0 cm³/mol. The molecular formula is C16H15Cl2NO2. The van der Waals surface area contributed by atoms with Crippen LogP contribution in [0.15, 0.2) is 42.5 Å². The van der Waals surface area contributed by atoms with Crippen LogP contribution in [0.5, 0.6) is 0 Å². The number of hydrogen-bond donors (Lipinski definition) is 1. The quantitative estimate of drug-likeness (QED) is 0.834. The van der Waals surface area contributed by atoms with Crippen molar-refractivity contribution in [2.75, 3.05) is 12.4 Å². The van der Waals surface area contributed by atoms with Gasteiger partial charge >= 0.3 is 5.97 Å². The van der Waals surface area contributed by atoms with Crippen LogP contribution in [0, 0.1) is 6.92 Å². The van der Waals surface area contributed by atoms with Gasteiger partial charge in [-0.3, -0.25) is 0 Å². The lowest BCUT2D eigenvalue weighted by atomic mass is 10.1. The molecule has 0 saturated heterocycles. The van der Waals surface area contributed by atoms with Gasteiger partial charge in [0.25, 0.3) is 0 Å². The Kier molecular flexibility index (Phi) is 5.10. The van der Waals surface area contributed by atoms with Crippen LogP contribution in [0.1, 0.15) is 17.2 Å². The number of rotatable bonds is 4. The van der Waals surface area contributed by atoms with Gasteiger partial charge in [0, 0.05) is 5.69 Å². The van der Waals surface area contributed by atoms with Gasteiger partial charge in [0.05, 0.1) is 17.2 Å². The first-order valence-corrected chi connectivity index (χ1v) is 7.13. The van der Waals surface area contributed by atoms with E-state index in [0.29, 0.717) is 15.6 Å². The topological polar surface area (TPSA) is 38.3 Å². The number of methoxy groups -OCH3 is 1. The Morgan fingerprint density at radius 1 is 1.14 bits per heavy atom. The number of aryl methyl sites for hydroxylation is 1. The van der Waals surface area contributed by atoms with Gasteiger partial charge in [-0.25, -0.2) is 4.79 Å². The van der Waals surface area contributed by atoms with Crippen LogP contribution < -0.4 is 5.32 Å². The minimum Gasteiger partial charge on any atom is -0.467 e. The Labute approximate surface area is 133 Å². The van der Waals surface area contributed by atoms with E-state index in [1.807, 2.05) is 31.2 Å². The highest BCUT2D eigenvalue weighted by atomic mass is 35.5. The molecule has 1 N–H and O–H groups in total. The zero-order valence-electron chi connectivity index (χ0n) is 11.7. The highest BCUT2D eigenvalue weighted by molar-refractivity contribution is 6.42. The Morgan fingerprint density at radius 3 is 2.52 bits per heavy atom. The molecule has 0 aliphatic rings. The van der Waals surface area contributed by atoms with Crippen LogP contribution in [0.4, 0.5) is 5.69 Å². The molecule has 3 nitrogen and oxygen atoms in total. The molecule has 0 aliphatic heterocycles. The van der Waals surface area contributed by atoms with E-state index in [1.54, 1.807) is 18.2 Å². The maximum absolute atomic E-state index is 12.0. The maximum atomic E-state index is 12.0. The molecule has 21 heavy (non-hydrogen) atoms. The Hall–Kier alpha value is -1.71. The zero-order chi connectivity index (χ0) is 15.4. The molecule has 0 aliphatic carbocycles. The van der Waals surface area contributed by atoms with Gasteiger partial charge in [0.1, 0.15) is 0 Å². The summed E-state index contributed by atoms with van der Waals surface area (Å²) in [6, 6.07) is 12.2. The van der Waals surface area contributed by atoms with Crippen molar-refractivity contribution in [1.29, 1.82) is 0 Å². The van der Waals surface area contributed by atoms with Crippen molar-refractivity contribution < 1.29 is 9.53 Å². The molecule has 0 aromatic heterocycles. The molecule has 0 amide bonds. The normalized spacial score (nSPS) is 11.8. The molecule has 0 bridgehead atoms. The van der Waals surface area contributed by atoms with Gasteiger partial charge in [0.2, 0.25) is 0 Å². The monoisotopic (exact) mass is 323 g/mol. The average Bonchev–Trinajstić information content (AvgIpc) is 2.47. The van der Waals surface area contributed by atoms with E-state index in [1.165, 1.54) is 7.11 Å². The summed E-state index contributed by atoms with van der Waals surface area (Å²) in [5, 5.41) is 4.00. The fourth-order valence-electron chi connectivity index (χ4n) is 1.99. The van der Waals surface area contributed by atoms with E-state index < -0.39 is 12.0 Å². The third-order valence-corrected chi connectivity index (χ3v) is 3.78. The number of esters is 1. The predicted octanol–water partition coefficient (Wildman–Crippen LogP) is 4.63. The van der Waals surface area contributed by atoms with Crippen LogP contribution in [0.2, 0.25) is 10.0 Å². The molecule has 0 fully saturated rings. The number of ether oxygens (including phenoxy) is 1. The molecule has 0 heterocycles. The van der Waals surface area contributed by atoms with Gasteiger partial charge in [-0.2, -0.15) is 0 Å². The van der Waals surface area contributed by atoms with Crippen LogP contribution in [-0.2, 0) is 9.53 Å². The number of carbonyl (C=O) groups excluding carboxylic acids is 1. The van der Waals surface area contributed by atoms with E-state index in [4.69, 9.17) is 27.9 Å². The van der Waals surface area contributed by atoms with Gasteiger partial charge < -0.3 is 10.1 Å². The van der Waals surface area contributed by atoms with Crippen molar-refractivity contribution in [3.8, 4) is 0 Å². The summed E-state index contributed by atoms with van der Waals surface area (Å²) >= 11 is 11.9. The lowest BCUT2D eigenvalue weighted by Crippen LogP contribution is -2.22. The van der Waals surface area contributed by atoms with Crippen molar-refractivity contribution in [3.63, 3.8) is 0 Å². The molecular weight excluding hydrogens is 309 g/mol. The fraction of sp³-hybridized carbons (Fsp3) is 0.188. The SMILES string of the molecule is COC(=O)C(Nc1cccc(C)c1)c1ccc(Cl)c(Cl)c1. The third kappa shape index (κ3) is 3.90. The van der Waals surface area contributed by atoms with Gasteiger partial charge in [-0.1, -0.05) is 41.4 Å². The van der Waals surface area contributed by atoms with E-state index in [0.717, 1.165) is 11.3 Å². The minimum atomic E-state index is -0.647. The Bertz CT molecular complexity index is 658. The van der Waals surface area contributed by atoms with Gasteiger partial charge in [-0.05, 0) is 42.3 Å². The number of hydrogen-bond acceptors (Lipinski definition) is 3. The Balaban J connectivity index is 2.34. The van der Waals surface area contributed by atoms with Crippen molar-refractivity contribution in [2.45, 2.75) is 13.0 Å². The van der Waals surface area contributed by atoms with E-state index in [9.17, 15) is 4.79 Å². The fourth-order valence-corrected chi connectivity index (χ4v) is 2.30. The highest BCUT2D eigenvalue weighted by Crippen LogP contribution is 2.28. The first-order chi connectivity index (χ1) is 10.0. The number of carbonyl (C=O) groups is 1. The third-order valence-electron chi connectivity index (χ3n) is 3.04. The molecule has 0 radical (unpaired) electrons. The summed E-state index contributed by atoms with van der Waals surface area (Å²) in [7, 11) is 1.35. The number of nitrogens with one attached hydrogen (secondary N) is 1. The smallest absolute Gasteiger partial charge is 0.332 e. The van der Waals surface area contributed by atoms with Crippen LogP contribution in [-0.4, -0.2) is 13.1 Å². The molecule has 1 atom stereocenters. The van der Waals surface area contributed by atoms with Crippen molar-refractivity contribution in [2.24, 2.45) is 0 Å². The highest BCUT2D eigenvalue weighted by Gasteiger charge is 2.22. The molecule has 2 rings (SSSR count). The number of halogens is 2. The lowest BCUT2D eigenvalue weighted by molar-refractivity contribution is -0.141. The van der Waals surface area contributed by atoms with E-state index >= 15 is 0 Å². The second kappa shape index (κ2) is 6.83. The molecule has 1 unspecified atom stereocenters. The number of anilines is 1. The summed E-state index contributed by atoms with van der Waals surface area (Å²) in [5.41, 5.74) is 2.62. The largest absolute Gasteiger partial charge is 0.467 e. The van der Waals surface area contributed by atoms with Crippen molar-refractivity contribution in [3.05, 3.63) is 63.6 Å². The van der Waals surface area contributed by atoms with Crippen LogP contribution in [0.25, 0.3) is 0 Å². The summed E-state index contributed by atoms with van der Waals surface area (Å²) in [4.78, 5) is 12.0. The van der Waals surface area contributed by atoms with Gasteiger partial charge in [0.15, 0.2) is 6.04 Å². The lowest BCUT2D eigenvalue weighted by Gasteiger charge is -2.19. The summed E-state index contributed by atoms with van der Waals surface area (Å²) in [6.45, 7) is 1.98. The average molecular weight is 324 g/mol. The van der Waals surface area contributed by atoms with E-state index in [2.05, 4.69) is 5.32 Å².